The lowest BCUT2D eigenvalue weighted by atomic mass is 10.1. The number of hydrogen-bond donors (Lipinski definition) is 2. The average molecular weight is 403 g/mol. The number of allylic oxidation sites excluding steroid dienone is 3. The molecule has 0 heterocycles. The van der Waals surface area contributed by atoms with E-state index >= 15 is 0 Å². The highest BCUT2D eigenvalue weighted by molar-refractivity contribution is 6.34. The topological polar surface area (TPSA) is 67.4 Å². The van der Waals surface area contributed by atoms with Gasteiger partial charge in [0.15, 0.2) is 0 Å². The second-order valence-corrected chi connectivity index (χ2v) is 5.59. The van der Waals surface area contributed by atoms with E-state index < -0.39 is 28.6 Å². The second-order valence-electron chi connectivity index (χ2n) is 5.19. The molecule has 2 N–H and O–H groups in total. The van der Waals surface area contributed by atoms with Crippen LogP contribution in [0.15, 0.2) is 54.7 Å². The predicted molar refractivity (Wildman–Crippen MR) is 95.5 cm³/mol. The SMILES string of the molecule is C=C/C(=C\C=C/C)CONC(=O)C(=O)NCc1ccc(Cl)c(C(F)(F)F)c1. The number of halogens is 4. The Labute approximate surface area is 159 Å². The summed E-state index contributed by atoms with van der Waals surface area (Å²) in [7, 11) is 0. The number of alkyl halides is 3. The molecule has 1 rings (SSSR count). The van der Waals surface area contributed by atoms with Crippen molar-refractivity contribution in [2.24, 2.45) is 0 Å². The summed E-state index contributed by atoms with van der Waals surface area (Å²) in [5, 5.41) is 1.74. The zero-order chi connectivity index (χ0) is 20.4. The molecule has 0 aliphatic heterocycles. The monoisotopic (exact) mass is 402 g/mol. The molecule has 0 aromatic heterocycles. The maximum Gasteiger partial charge on any atom is 0.417 e. The third kappa shape index (κ3) is 7.67. The number of carbonyl (C=O) groups is 2. The van der Waals surface area contributed by atoms with Gasteiger partial charge in [0.05, 0.1) is 17.2 Å². The molecule has 1 aromatic carbocycles. The van der Waals surface area contributed by atoms with Crippen molar-refractivity contribution in [1.29, 1.82) is 0 Å². The largest absolute Gasteiger partial charge is 0.417 e. The van der Waals surface area contributed by atoms with E-state index in [9.17, 15) is 22.8 Å². The Morgan fingerprint density at radius 2 is 2.00 bits per heavy atom. The zero-order valence-electron chi connectivity index (χ0n) is 14.4. The summed E-state index contributed by atoms with van der Waals surface area (Å²) < 4.78 is 38.4. The van der Waals surface area contributed by atoms with Crippen LogP contribution in [0.1, 0.15) is 18.1 Å². The Hall–Kier alpha value is -2.58. The minimum absolute atomic E-state index is 0.0149. The molecule has 0 unspecified atom stereocenters. The molecule has 1 aromatic rings. The molecule has 2 amide bonds. The zero-order valence-corrected chi connectivity index (χ0v) is 15.2. The van der Waals surface area contributed by atoms with Gasteiger partial charge >= 0.3 is 18.0 Å². The molecule has 0 aliphatic rings. The van der Waals surface area contributed by atoms with E-state index in [1.54, 1.807) is 18.2 Å². The normalized spacial score (nSPS) is 12.1. The molecule has 5 nitrogen and oxygen atoms in total. The van der Waals surface area contributed by atoms with Gasteiger partial charge in [-0.05, 0) is 30.2 Å². The number of carbonyl (C=O) groups excluding carboxylic acids is 2. The Kier molecular flexibility index (Phi) is 8.77. The highest BCUT2D eigenvalue weighted by atomic mass is 35.5. The van der Waals surface area contributed by atoms with E-state index in [0.29, 0.717) is 5.57 Å². The summed E-state index contributed by atoms with van der Waals surface area (Å²) in [6.45, 7) is 5.10. The van der Waals surface area contributed by atoms with Gasteiger partial charge in [-0.3, -0.25) is 14.4 Å². The molecule has 0 radical (unpaired) electrons. The highest BCUT2D eigenvalue weighted by Crippen LogP contribution is 2.35. The molecule has 0 saturated heterocycles. The quantitative estimate of drug-likeness (QED) is 0.415. The van der Waals surface area contributed by atoms with Gasteiger partial charge in [-0.25, -0.2) is 5.48 Å². The first-order valence-corrected chi connectivity index (χ1v) is 8.06. The number of benzene rings is 1. The predicted octanol–water partition coefficient (Wildman–Crippen LogP) is 3.71. The van der Waals surface area contributed by atoms with Crippen molar-refractivity contribution in [2.75, 3.05) is 6.61 Å². The van der Waals surface area contributed by atoms with Crippen molar-refractivity contribution in [2.45, 2.75) is 19.6 Å². The highest BCUT2D eigenvalue weighted by Gasteiger charge is 2.33. The van der Waals surface area contributed by atoms with Crippen molar-refractivity contribution in [3.63, 3.8) is 0 Å². The number of rotatable bonds is 7. The molecule has 0 bridgehead atoms. The van der Waals surface area contributed by atoms with Crippen molar-refractivity contribution < 1.29 is 27.6 Å². The molecular formula is C18H18ClF3N2O3. The summed E-state index contributed by atoms with van der Waals surface area (Å²) >= 11 is 5.52. The number of hydrogen-bond acceptors (Lipinski definition) is 3. The van der Waals surface area contributed by atoms with Crippen LogP contribution in [0, 0.1) is 0 Å². The minimum Gasteiger partial charge on any atom is -0.344 e. The van der Waals surface area contributed by atoms with E-state index in [4.69, 9.17) is 16.4 Å². The van der Waals surface area contributed by atoms with Crippen LogP contribution in [0.5, 0.6) is 0 Å². The van der Waals surface area contributed by atoms with Gasteiger partial charge in [-0.2, -0.15) is 13.2 Å². The van der Waals surface area contributed by atoms with E-state index in [1.165, 1.54) is 12.1 Å². The molecule has 9 heteroatoms. The van der Waals surface area contributed by atoms with Crippen LogP contribution in [-0.4, -0.2) is 18.4 Å². The summed E-state index contributed by atoms with van der Waals surface area (Å²) in [6, 6.07) is 3.19. The lowest BCUT2D eigenvalue weighted by Crippen LogP contribution is -2.39. The molecule has 0 aliphatic carbocycles. The van der Waals surface area contributed by atoms with Crippen LogP contribution in [0.2, 0.25) is 5.02 Å². The number of nitrogens with one attached hydrogen (secondary N) is 2. The molecule has 0 fully saturated rings. The standard InChI is InChI=1S/C18H18ClF3N2O3/c1-3-5-6-12(4-2)11-27-24-17(26)16(25)23-10-13-7-8-15(19)14(9-13)18(20,21)22/h3-9H,2,10-11H2,1H3,(H,23,25)(H,24,26)/b5-3-,12-6+. The van der Waals surface area contributed by atoms with Crippen LogP contribution in [0.4, 0.5) is 13.2 Å². The fourth-order valence-electron chi connectivity index (χ4n) is 1.79. The van der Waals surface area contributed by atoms with Crippen molar-refractivity contribution in [1.82, 2.24) is 10.8 Å². The van der Waals surface area contributed by atoms with E-state index in [1.807, 2.05) is 12.4 Å². The number of amides is 2. The summed E-state index contributed by atoms with van der Waals surface area (Å²) in [5.74, 6) is -2.15. The second kappa shape index (κ2) is 10.5. The third-order valence-corrected chi connectivity index (χ3v) is 3.49. The summed E-state index contributed by atoms with van der Waals surface area (Å²) in [5.41, 5.74) is 1.72. The Morgan fingerprint density at radius 3 is 2.59 bits per heavy atom. The van der Waals surface area contributed by atoms with Gasteiger partial charge < -0.3 is 5.32 Å². The van der Waals surface area contributed by atoms with Crippen molar-refractivity contribution in [3.05, 3.63) is 70.8 Å². The summed E-state index contributed by atoms with van der Waals surface area (Å²) in [4.78, 5) is 28.2. The maximum absolute atomic E-state index is 12.8. The van der Waals surface area contributed by atoms with Crippen molar-refractivity contribution >= 4 is 23.4 Å². The van der Waals surface area contributed by atoms with Crippen LogP contribution in [0.3, 0.4) is 0 Å². The van der Waals surface area contributed by atoms with E-state index in [-0.39, 0.29) is 18.7 Å². The third-order valence-electron chi connectivity index (χ3n) is 3.16. The molecular weight excluding hydrogens is 385 g/mol. The minimum atomic E-state index is -4.62. The first kappa shape index (κ1) is 22.5. The van der Waals surface area contributed by atoms with E-state index in [0.717, 1.165) is 12.1 Å². The molecule has 146 valence electrons. The lowest BCUT2D eigenvalue weighted by molar-refractivity contribution is -0.146. The molecule has 27 heavy (non-hydrogen) atoms. The van der Waals surface area contributed by atoms with Crippen LogP contribution in [-0.2, 0) is 27.1 Å². The van der Waals surface area contributed by atoms with Crippen LogP contribution < -0.4 is 10.8 Å². The summed E-state index contributed by atoms with van der Waals surface area (Å²) in [6.07, 6.45) is 2.14. The maximum atomic E-state index is 12.8. The van der Waals surface area contributed by atoms with Crippen LogP contribution in [0.25, 0.3) is 0 Å². The fraction of sp³-hybridized carbons (Fsp3) is 0.222. The fourth-order valence-corrected chi connectivity index (χ4v) is 2.01. The molecule has 0 spiro atoms. The Bertz CT molecular complexity index is 759. The number of hydroxylamine groups is 1. The van der Waals surface area contributed by atoms with Gasteiger partial charge in [0.1, 0.15) is 0 Å². The van der Waals surface area contributed by atoms with E-state index in [2.05, 4.69) is 11.9 Å². The first-order chi connectivity index (χ1) is 12.7. The van der Waals surface area contributed by atoms with Gasteiger partial charge in [0, 0.05) is 6.54 Å². The molecule has 0 saturated carbocycles. The van der Waals surface area contributed by atoms with Gasteiger partial charge in [0.2, 0.25) is 0 Å². The average Bonchev–Trinajstić information content (AvgIpc) is 2.62. The molecule has 0 atom stereocenters. The van der Waals surface area contributed by atoms with Gasteiger partial charge in [-0.15, -0.1) is 0 Å². The first-order valence-electron chi connectivity index (χ1n) is 7.69. The van der Waals surface area contributed by atoms with Gasteiger partial charge in [0.25, 0.3) is 0 Å². The lowest BCUT2D eigenvalue weighted by Gasteiger charge is -2.11. The van der Waals surface area contributed by atoms with Crippen molar-refractivity contribution in [3.8, 4) is 0 Å². The Morgan fingerprint density at radius 1 is 1.30 bits per heavy atom. The smallest absolute Gasteiger partial charge is 0.344 e. The van der Waals surface area contributed by atoms with Gasteiger partial charge in [-0.1, -0.05) is 48.6 Å². The van der Waals surface area contributed by atoms with Crippen LogP contribution >= 0.6 is 11.6 Å². The Balaban J connectivity index is 2.55.